The van der Waals surface area contributed by atoms with Gasteiger partial charge in [-0.2, -0.15) is 0 Å². The van der Waals surface area contributed by atoms with E-state index in [-0.39, 0.29) is 23.9 Å². The zero-order chi connectivity index (χ0) is 14.3. The van der Waals surface area contributed by atoms with E-state index in [0.29, 0.717) is 12.0 Å². The van der Waals surface area contributed by atoms with Crippen molar-refractivity contribution in [2.75, 3.05) is 6.61 Å². The second kappa shape index (κ2) is 4.91. The Balaban J connectivity index is 2.22. The van der Waals surface area contributed by atoms with Gasteiger partial charge >= 0.3 is 5.97 Å². The van der Waals surface area contributed by atoms with Gasteiger partial charge in [-0.25, -0.2) is 4.79 Å². The Morgan fingerprint density at radius 3 is 2.79 bits per heavy atom. The van der Waals surface area contributed by atoms with Crippen molar-refractivity contribution in [3.8, 4) is 0 Å². The summed E-state index contributed by atoms with van der Waals surface area (Å²) < 4.78 is 0. The van der Waals surface area contributed by atoms with Crippen molar-refractivity contribution in [2.45, 2.75) is 51.6 Å². The molecule has 4 atom stereocenters. The van der Waals surface area contributed by atoms with Gasteiger partial charge in [-0.1, -0.05) is 13.0 Å². The van der Waals surface area contributed by atoms with E-state index in [4.69, 9.17) is 5.11 Å². The quantitative estimate of drug-likeness (QED) is 0.731. The fourth-order valence-corrected chi connectivity index (χ4v) is 3.99. The van der Waals surface area contributed by atoms with Gasteiger partial charge in [0.25, 0.3) is 0 Å². The zero-order valence-corrected chi connectivity index (χ0v) is 11.7. The fraction of sp³-hybridized carbons (Fsp3) is 0.800. The van der Waals surface area contributed by atoms with Gasteiger partial charge in [-0.3, -0.25) is 0 Å². The van der Waals surface area contributed by atoms with Gasteiger partial charge in [-0.05, 0) is 56.3 Å². The number of hydrogen-bond donors (Lipinski definition) is 3. The molecule has 0 aromatic heterocycles. The van der Waals surface area contributed by atoms with Crippen LogP contribution in [0.1, 0.15) is 46.0 Å². The molecule has 108 valence electrons. The number of hydrogen-bond acceptors (Lipinski definition) is 3. The molecule has 0 aliphatic heterocycles. The van der Waals surface area contributed by atoms with Gasteiger partial charge in [-0.15, -0.1) is 0 Å². The summed E-state index contributed by atoms with van der Waals surface area (Å²) in [4.78, 5) is 11.1. The number of rotatable bonds is 3. The van der Waals surface area contributed by atoms with Crippen molar-refractivity contribution in [3.63, 3.8) is 0 Å². The SMILES string of the molecule is C[C@@]12CC=C(C(=O)O)CC[C@H]1[C@@H]([C@](C)(O)CO)CC2. The molecule has 1 saturated carbocycles. The first-order chi connectivity index (χ1) is 8.80. The van der Waals surface area contributed by atoms with Crippen LogP contribution in [-0.4, -0.2) is 33.5 Å². The molecule has 0 spiro atoms. The van der Waals surface area contributed by atoms with Gasteiger partial charge in [0.05, 0.1) is 12.2 Å². The summed E-state index contributed by atoms with van der Waals surface area (Å²) >= 11 is 0. The first-order valence-corrected chi connectivity index (χ1v) is 7.06. The van der Waals surface area contributed by atoms with Crippen LogP contribution >= 0.6 is 0 Å². The highest BCUT2D eigenvalue weighted by molar-refractivity contribution is 5.86. The van der Waals surface area contributed by atoms with Crippen LogP contribution < -0.4 is 0 Å². The summed E-state index contributed by atoms with van der Waals surface area (Å²) in [5.74, 6) is -0.485. The number of fused-ring (bicyclic) bond motifs is 1. The smallest absolute Gasteiger partial charge is 0.331 e. The third kappa shape index (κ3) is 2.56. The highest BCUT2D eigenvalue weighted by atomic mass is 16.4. The lowest BCUT2D eigenvalue weighted by Gasteiger charge is -2.38. The summed E-state index contributed by atoms with van der Waals surface area (Å²) in [6.07, 6.45) is 5.87. The average molecular weight is 268 g/mol. The number of aliphatic carboxylic acids is 1. The number of allylic oxidation sites excluding steroid dienone is 1. The van der Waals surface area contributed by atoms with Crippen molar-refractivity contribution in [1.82, 2.24) is 0 Å². The molecule has 1 fully saturated rings. The monoisotopic (exact) mass is 268 g/mol. The number of carbonyl (C=O) groups is 1. The Morgan fingerprint density at radius 1 is 1.53 bits per heavy atom. The Kier molecular flexibility index (Phi) is 3.76. The van der Waals surface area contributed by atoms with Crippen LogP contribution in [0.25, 0.3) is 0 Å². The minimum absolute atomic E-state index is 0.0566. The Labute approximate surface area is 114 Å². The molecule has 4 heteroatoms. The predicted octanol–water partition coefficient (Wildman–Crippen LogP) is 1.96. The van der Waals surface area contributed by atoms with Crippen LogP contribution in [0.15, 0.2) is 11.6 Å². The molecule has 2 rings (SSSR count). The molecule has 2 aliphatic carbocycles. The minimum Gasteiger partial charge on any atom is -0.478 e. The normalized spacial score (nSPS) is 38.0. The molecule has 4 nitrogen and oxygen atoms in total. The lowest BCUT2D eigenvalue weighted by atomic mass is 9.70. The van der Waals surface area contributed by atoms with Crippen molar-refractivity contribution >= 4 is 5.97 Å². The molecule has 2 aliphatic rings. The van der Waals surface area contributed by atoms with Crippen LogP contribution in [0.3, 0.4) is 0 Å². The maximum absolute atomic E-state index is 11.1. The summed E-state index contributed by atoms with van der Waals surface area (Å²) in [6.45, 7) is 3.65. The van der Waals surface area contributed by atoms with Crippen molar-refractivity contribution in [3.05, 3.63) is 11.6 Å². The van der Waals surface area contributed by atoms with E-state index in [0.717, 1.165) is 25.7 Å². The molecular weight excluding hydrogens is 244 g/mol. The van der Waals surface area contributed by atoms with E-state index in [1.165, 1.54) is 0 Å². The van der Waals surface area contributed by atoms with E-state index in [1.807, 2.05) is 6.08 Å². The Hall–Kier alpha value is -0.870. The van der Waals surface area contributed by atoms with Crippen molar-refractivity contribution in [2.24, 2.45) is 17.3 Å². The number of carboxylic acid groups (broad SMARTS) is 1. The van der Waals surface area contributed by atoms with Gasteiger partial charge in [0.2, 0.25) is 0 Å². The molecule has 3 N–H and O–H groups in total. The molecule has 0 aromatic carbocycles. The summed E-state index contributed by atoms with van der Waals surface area (Å²) in [5, 5.41) is 28.9. The van der Waals surface area contributed by atoms with E-state index in [1.54, 1.807) is 6.92 Å². The standard InChI is InChI=1S/C15H24O4/c1-14-7-5-10(13(17)18)3-4-11(14)12(6-8-14)15(2,19)9-16/h5,11-12,16,19H,3-4,6-9H2,1-2H3,(H,17,18)/t11-,12-,14-,15+/m0/s1. The average Bonchev–Trinajstić information content (AvgIpc) is 2.58. The van der Waals surface area contributed by atoms with Gasteiger partial charge in [0.15, 0.2) is 0 Å². The highest BCUT2D eigenvalue weighted by Crippen LogP contribution is 2.55. The Bertz CT molecular complexity index is 399. The molecule has 19 heavy (non-hydrogen) atoms. The Morgan fingerprint density at radius 2 is 2.21 bits per heavy atom. The zero-order valence-electron chi connectivity index (χ0n) is 11.7. The maximum Gasteiger partial charge on any atom is 0.331 e. The first-order valence-electron chi connectivity index (χ1n) is 7.06. The fourth-order valence-electron chi connectivity index (χ4n) is 3.99. The van der Waals surface area contributed by atoms with Gasteiger partial charge in [0, 0.05) is 5.57 Å². The van der Waals surface area contributed by atoms with Crippen LogP contribution in [0.4, 0.5) is 0 Å². The highest BCUT2D eigenvalue weighted by Gasteiger charge is 2.51. The van der Waals surface area contributed by atoms with E-state index < -0.39 is 11.6 Å². The number of aliphatic hydroxyl groups is 2. The summed E-state index contributed by atoms with van der Waals surface area (Å²) in [7, 11) is 0. The molecular formula is C15H24O4. The van der Waals surface area contributed by atoms with Gasteiger partial charge < -0.3 is 15.3 Å². The molecule has 0 radical (unpaired) electrons. The van der Waals surface area contributed by atoms with Crippen LogP contribution in [0, 0.1) is 17.3 Å². The third-order valence-electron chi connectivity index (χ3n) is 5.34. The largest absolute Gasteiger partial charge is 0.478 e. The van der Waals surface area contributed by atoms with Crippen molar-refractivity contribution < 1.29 is 20.1 Å². The molecule has 0 heterocycles. The number of carboxylic acids is 1. The maximum atomic E-state index is 11.1. The van der Waals surface area contributed by atoms with Gasteiger partial charge in [0.1, 0.15) is 0 Å². The molecule has 0 saturated heterocycles. The molecule has 0 unspecified atom stereocenters. The predicted molar refractivity (Wildman–Crippen MR) is 71.6 cm³/mol. The van der Waals surface area contributed by atoms with E-state index >= 15 is 0 Å². The molecule has 0 aromatic rings. The van der Waals surface area contributed by atoms with E-state index in [9.17, 15) is 15.0 Å². The lowest BCUT2D eigenvalue weighted by molar-refractivity contribution is -0.132. The first kappa shape index (κ1) is 14.5. The van der Waals surface area contributed by atoms with E-state index in [2.05, 4.69) is 6.92 Å². The van der Waals surface area contributed by atoms with Crippen LogP contribution in [0.5, 0.6) is 0 Å². The minimum atomic E-state index is -1.06. The van der Waals surface area contributed by atoms with Crippen LogP contribution in [0.2, 0.25) is 0 Å². The second-order valence-electron chi connectivity index (χ2n) is 6.70. The topological polar surface area (TPSA) is 77.8 Å². The summed E-state index contributed by atoms with van der Waals surface area (Å²) in [5.41, 5.74) is -0.505. The van der Waals surface area contributed by atoms with Crippen molar-refractivity contribution in [1.29, 1.82) is 0 Å². The second-order valence-corrected chi connectivity index (χ2v) is 6.70. The van der Waals surface area contributed by atoms with Crippen LogP contribution in [-0.2, 0) is 4.79 Å². The summed E-state index contributed by atoms with van der Waals surface area (Å²) in [6, 6.07) is 0. The third-order valence-corrected chi connectivity index (χ3v) is 5.34. The molecule has 0 bridgehead atoms. The lowest BCUT2D eigenvalue weighted by Crippen LogP contribution is -2.42. The number of aliphatic hydroxyl groups excluding tert-OH is 1. The molecule has 0 amide bonds.